The average Bonchev–Trinajstić information content (AvgIpc) is 3.13. The molecule has 2 N–H and O–H groups in total. The summed E-state index contributed by atoms with van der Waals surface area (Å²) in [5, 5.41) is 6.75. The number of hydrogen-bond acceptors (Lipinski definition) is 5. The summed E-state index contributed by atoms with van der Waals surface area (Å²) in [4.78, 5) is 7.14. The third kappa shape index (κ3) is 6.37. The molecule has 27 heavy (non-hydrogen) atoms. The highest BCUT2D eigenvalue weighted by Gasteiger charge is 2.18. The Morgan fingerprint density at radius 3 is 2.78 bits per heavy atom. The molecule has 0 radical (unpaired) electrons. The normalized spacial score (nSPS) is 18.0. The predicted octanol–water partition coefficient (Wildman–Crippen LogP) is 2.57. The van der Waals surface area contributed by atoms with E-state index in [2.05, 4.69) is 45.3 Å². The molecule has 1 saturated heterocycles. The fourth-order valence-electron chi connectivity index (χ4n) is 3.02. The molecule has 1 atom stereocenters. The van der Waals surface area contributed by atoms with Gasteiger partial charge in [-0.3, -0.25) is 4.90 Å². The van der Waals surface area contributed by atoms with Crippen LogP contribution < -0.4 is 20.1 Å². The van der Waals surface area contributed by atoms with Crippen molar-refractivity contribution in [2.75, 3.05) is 46.2 Å². The largest absolute Gasteiger partial charge is 0.454 e. The summed E-state index contributed by atoms with van der Waals surface area (Å²) in [6.07, 6.45) is 0. The molecule has 2 aliphatic heterocycles. The second kappa shape index (κ2) is 11.3. The number of rotatable bonds is 6. The Hall–Kier alpha value is -0.780. The number of ether oxygens (including phenoxy) is 3. The van der Waals surface area contributed by atoms with Gasteiger partial charge in [-0.2, -0.15) is 0 Å². The molecule has 9 heteroatoms. The van der Waals surface area contributed by atoms with Crippen LogP contribution in [-0.2, 0) is 11.3 Å². The Morgan fingerprint density at radius 1 is 1.26 bits per heavy atom. The minimum absolute atomic E-state index is 0. The lowest BCUT2D eigenvalue weighted by molar-refractivity contribution is 0.0211. The van der Waals surface area contributed by atoms with Gasteiger partial charge in [0.05, 0.1) is 24.2 Å². The van der Waals surface area contributed by atoms with Gasteiger partial charge in [-0.05, 0) is 47.5 Å². The summed E-state index contributed by atoms with van der Waals surface area (Å²) < 4.78 is 17.2. The highest BCUT2D eigenvalue weighted by molar-refractivity contribution is 14.0. The smallest absolute Gasteiger partial charge is 0.231 e. The molecule has 1 fully saturated rings. The van der Waals surface area contributed by atoms with Crippen molar-refractivity contribution in [3.63, 3.8) is 0 Å². The maximum Gasteiger partial charge on any atom is 0.231 e. The van der Waals surface area contributed by atoms with Gasteiger partial charge in [0.1, 0.15) is 0 Å². The standard InChI is InChI=1S/C18H27BrN4O3.HI/c1-3-20-18(21-10-13(2)23-4-6-24-7-5-23)22-11-14-8-15(19)17-16(9-14)25-12-26-17;/h8-9,13H,3-7,10-12H2,1-2H3,(H2,20,21,22);1H. The first-order valence-corrected chi connectivity index (χ1v) is 9.88. The molecule has 0 amide bonds. The van der Waals surface area contributed by atoms with Gasteiger partial charge in [-0.15, -0.1) is 24.0 Å². The summed E-state index contributed by atoms with van der Waals surface area (Å²) in [5.41, 5.74) is 1.07. The maximum atomic E-state index is 5.47. The Balaban J connectivity index is 0.00000261. The van der Waals surface area contributed by atoms with Crippen molar-refractivity contribution >= 4 is 45.9 Å². The zero-order chi connectivity index (χ0) is 18.4. The topological polar surface area (TPSA) is 67.4 Å². The molecule has 7 nitrogen and oxygen atoms in total. The molecular formula is C18H28BrIN4O3. The molecule has 2 heterocycles. The zero-order valence-electron chi connectivity index (χ0n) is 15.8. The van der Waals surface area contributed by atoms with Crippen LogP contribution in [-0.4, -0.2) is 63.1 Å². The number of hydrogen-bond donors (Lipinski definition) is 2. The summed E-state index contributed by atoms with van der Waals surface area (Å²) in [7, 11) is 0. The first-order chi connectivity index (χ1) is 12.7. The third-order valence-corrected chi connectivity index (χ3v) is 5.07. The Labute approximate surface area is 186 Å². The summed E-state index contributed by atoms with van der Waals surface area (Å²) in [6, 6.07) is 4.44. The van der Waals surface area contributed by atoms with Crippen molar-refractivity contribution in [3.05, 3.63) is 22.2 Å². The minimum atomic E-state index is 0. The van der Waals surface area contributed by atoms with Crippen molar-refractivity contribution in [2.24, 2.45) is 4.99 Å². The zero-order valence-corrected chi connectivity index (χ0v) is 19.7. The average molecular weight is 555 g/mol. The number of halogens is 2. The molecule has 0 aromatic heterocycles. The van der Waals surface area contributed by atoms with Crippen molar-refractivity contribution < 1.29 is 14.2 Å². The molecule has 0 spiro atoms. The van der Waals surface area contributed by atoms with Gasteiger partial charge in [0.15, 0.2) is 17.5 Å². The van der Waals surface area contributed by atoms with E-state index >= 15 is 0 Å². The van der Waals surface area contributed by atoms with Crippen LogP contribution in [0.3, 0.4) is 0 Å². The van der Waals surface area contributed by atoms with Crippen LogP contribution in [0.15, 0.2) is 21.6 Å². The predicted molar refractivity (Wildman–Crippen MR) is 120 cm³/mol. The third-order valence-electron chi connectivity index (χ3n) is 4.48. The van der Waals surface area contributed by atoms with E-state index in [0.29, 0.717) is 12.6 Å². The number of benzene rings is 1. The van der Waals surface area contributed by atoms with Crippen molar-refractivity contribution in [3.8, 4) is 11.5 Å². The van der Waals surface area contributed by atoms with Crippen LogP contribution in [0.25, 0.3) is 0 Å². The highest BCUT2D eigenvalue weighted by atomic mass is 127. The van der Waals surface area contributed by atoms with Gasteiger partial charge in [-0.25, -0.2) is 4.99 Å². The molecule has 2 aliphatic rings. The summed E-state index contributed by atoms with van der Waals surface area (Å²) in [6.45, 7) is 10.4. The fraction of sp³-hybridized carbons (Fsp3) is 0.611. The minimum Gasteiger partial charge on any atom is -0.454 e. The first kappa shape index (κ1) is 22.5. The first-order valence-electron chi connectivity index (χ1n) is 9.09. The molecule has 3 rings (SSSR count). The number of nitrogens with zero attached hydrogens (tertiary/aromatic N) is 2. The molecule has 1 aromatic rings. The van der Waals surface area contributed by atoms with E-state index < -0.39 is 0 Å². The summed E-state index contributed by atoms with van der Waals surface area (Å²) >= 11 is 3.53. The van der Waals surface area contributed by atoms with E-state index in [0.717, 1.165) is 66.9 Å². The van der Waals surface area contributed by atoms with Crippen LogP contribution in [0.5, 0.6) is 11.5 Å². The highest BCUT2D eigenvalue weighted by Crippen LogP contribution is 2.40. The second-order valence-electron chi connectivity index (χ2n) is 6.38. The molecule has 152 valence electrons. The van der Waals surface area contributed by atoms with Crippen molar-refractivity contribution in [1.29, 1.82) is 0 Å². The van der Waals surface area contributed by atoms with Crippen LogP contribution in [0, 0.1) is 0 Å². The molecule has 0 bridgehead atoms. The molecule has 0 saturated carbocycles. The number of morpholine rings is 1. The number of guanidine groups is 1. The van der Waals surface area contributed by atoms with Crippen LogP contribution in [0.4, 0.5) is 0 Å². The lowest BCUT2D eigenvalue weighted by Gasteiger charge is -2.32. The van der Waals surface area contributed by atoms with Crippen LogP contribution in [0.2, 0.25) is 0 Å². The van der Waals surface area contributed by atoms with E-state index in [4.69, 9.17) is 19.2 Å². The lowest BCUT2D eigenvalue weighted by Crippen LogP contribution is -2.49. The van der Waals surface area contributed by atoms with Crippen molar-refractivity contribution in [2.45, 2.75) is 26.4 Å². The Bertz CT molecular complexity index is 641. The van der Waals surface area contributed by atoms with E-state index in [1.54, 1.807) is 0 Å². The SMILES string of the molecule is CCNC(=NCc1cc(Br)c2c(c1)OCO2)NCC(C)N1CCOCC1.I. The number of fused-ring (bicyclic) bond motifs is 1. The lowest BCUT2D eigenvalue weighted by atomic mass is 10.2. The summed E-state index contributed by atoms with van der Waals surface area (Å²) in [5.74, 6) is 2.35. The van der Waals surface area contributed by atoms with E-state index in [-0.39, 0.29) is 30.8 Å². The fourth-order valence-corrected chi connectivity index (χ4v) is 3.62. The van der Waals surface area contributed by atoms with Crippen molar-refractivity contribution in [1.82, 2.24) is 15.5 Å². The van der Waals surface area contributed by atoms with Gasteiger partial charge in [0, 0.05) is 32.2 Å². The van der Waals surface area contributed by atoms with Gasteiger partial charge in [0.2, 0.25) is 6.79 Å². The second-order valence-corrected chi connectivity index (χ2v) is 7.24. The van der Waals surface area contributed by atoms with E-state index in [9.17, 15) is 0 Å². The molecule has 1 unspecified atom stereocenters. The van der Waals surface area contributed by atoms with Gasteiger partial charge < -0.3 is 24.8 Å². The monoisotopic (exact) mass is 554 g/mol. The quantitative estimate of drug-likeness (QED) is 0.320. The van der Waals surface area contributed by atoms with Gasteiger partial charge >= 0.3 is 0 Å². The Morgan fingerprint density at radius 2 is 2.04 bits per heavy atom. The van der Waals surface area contributed by atoms with Gasteiger partial charge in [0.25, 0.3) is 0 Å². The van der Waals surface area contributed by atoms with E-state index in [1.807, 2.05) is 12.1 Å². The number of nitrogens with one attached hydrogen (secondary N) is 2. The van der Waals surface area contributed by atoms with Gasteiger partial charge in [-0.1, -0.05) is 0 Å². The number of aliphatic imine (C=N–C) groups is 1. The maximum absolute atomic E-state index is 5.47. The van der Waals surface area contributed by atoms with E-state index in [1.165, 1.54) is 0 Å². The molecule has 0 aliphatic carbocycles. The Kier molecular flexibility index (Phi) is 9.40. The van der Waals surface area contributed by atoms with Crippen LogP contribution in [0.1, 0.15) is 19.4 Å². The van der Waals surface area contributed by atoms with Crippen LogP contribution >= 0.6 is 39.9 Å². The molecular weight excluding hydrogens is 527 g/mol. The molecule has 1 aromatic carbocycles.